The number of carboxylic acid groups (broad SMARTS) is 1. The summed E-state index contributed by atoms with van der Waals surface area (Å²) in [6.45, 7) is 0.401. The molecule has 1 N–H and O–H groups in total. The van der Waals surface area contributed by atoms with E-state index in [0.29, 0.717) is 18.4 Å². The van der Waals surface area contributed by atoms with Crippen LogP contribution < -0.4 is 4.90 Å². The summed E-state index contributed by atoms with van der Waals surface area (Å²) in [6, 6.07) is 0.511. The van der Waals surface area contributed by atoms with Gasteiger partial charge in [0.15, 0.2) is 17.0 Å². The van der Waals surface area contributed by atoms with Gasteiger partial charge in [-0.2, -0.15) is 0 Å². The minimum absolute atomic E-state index is 0.0747. The molecule has 1 saturated carbocycles. The lowest BCUT2D eigenvalue weighted by Gasteiger charge is -2.16. The van der Waals surface area contributed by atoms with E-state index in [0.717, 1.165) is 11.2 Å². The Kier molecular flexibility index (Phi) is 2.81. The first kappa shape index (κ1) is 11.9. The van der Waals surface area contributed by atoms with Crippen LogP contribution >= 0.6 is 0 Å². The van der Waals surface area contributed by atoms with Crippen LogP contribution in [0.4, 0.5) is 5.82 Å². The van der Waals surface area contributed by atoms with Crippen LogP contribution in [0.1, 0.15) is 25.3 Å². The Labute approximate surface area is 109 Å². The lowest BCUT2D eigenvalue weighted by atomic mass is 10.3. The number of aliphatic carboxylic acids is 1. The number of carboxylic acids is 1. The van der Waals surface area contributed by atoms with E-state index in [1.165, 1.54) is 19.2 Å². The van der Waals surface area contributed by atoms with E-state index in [1.807, 2.05) is 11.9 Å². The second kappa shape index (κ2) is 4.49. The molecule has 0 bridgehead atoms. The van der Waals surface area contributed by atoms with E-state index in [2.05, 4.69) is 19.5 Å². The minimum Gasteiger partial charge on any atom is -0.481 e. The second-order valence-electron chi connectivity index (χ2n) is 4.82. The second-order valence-corrected chi connectivity index (χ2v) is 4.82. The summed E-state index contributed by atoms with van der Waals surface area (Å²) in [4.78, 5) is 25.3. The van der Waals surface area contributed by atoms with E-state index in [9.17, 15) is 4.79 Å². The van der Waals surface area contributed by atoms with Crippen LogP contribution in [0.15, 0.2) is 12.7 Å². The van der Waals surface area contributed by atoms with Crippen molar-refractivity contribution in [2.75, 3.05) is 18.5 Å². The number of rotatable bonds is 5. The van der Waals surface area contributed by atoms with Gasteiger partial charge in [0.2, 0.25) is 0 Å². The molecule has 0 spiro atoms. The molecule has 0 saturated heterocycles. The highest BCUT2D eigenvalue weighted by Gasteiger charge is 2.26. The van der Waals surface area contributed by atoms with Crippen molar-refractivity contribution in [1.29, 1.82) is 0 Å². The van der Waals surface area contributed by atoms with Gasteiger partial charge in [-0.05, 0) is 12.8 Å². The lowest BCUT2D eigenvalue weighted by Crippen LogP contribution is -2.22. The Hall–Kier alpha value is -2.18. The molecule has 0 unspecified atom stereocenters. The van der Waals surface area contributed by atoms with Gasteiger partial charge in [-0.15, -0.1) is 0 Å². The fourth-order valence-electron chi connectivity index (χ4n) is 2.11. The Bertz CT molecular complexity index is 620. The van der Waals surface area contributed by atoms with Crippen LogP contribution in [-0.4, -0.2) is 44.2 Å². The van der Waals surface area contributed by atoms with Crippen LogP contribution in [0, 0.1) is 0 Å². The molecule has 2 aromatic heterocycles. The van der Waals surface area contributed by atoms with Crippen LogP contribution in [0.3, 0.4) is 0 Å². The molecule has 1 fully saturated rings. The maximum atomic E-state index is 10.6. The maximum absolute atomic E-state index is 10.6. The molecule has 0 atom stereocenters. The summed E-state index contributed by atoms with van der Waals surface area (Å²) in [5.74, 6) is -0.133. The number of hydrogen-bond donors (Lipinski definition) is 1. The largest absolute Gasteiger partial charge is 0.481 e. The van der Waals surface area contributed by atoms with Crippen LogP contribution in [-0.2, 0) is 4.79 Å². The van der Waals surface area contributed by atoms with Gasteiger partial charge in [-0.1, -0.05) is 0 Å². The van der Waals surface area contributed by atoms with Gasteiger partial charge < -0.3 is 14.6 Å². The third-order valence-electron chi connectivity index (χ3n) is 3.30. The fourth-order valence-corrected chi connectivity index (χ4v) is 2.11. The molecule has 3 rings (SSSR count). The lowest BCUT2D eigenvalue weighted by molar-refractivity contribution is -0.136. The van der Waals surface area contributed by atoms with Crippen molar-refractivity contribution in [3.8, 4) is 0 Å². The van der Waals surface area contributed by atoms with Gasteiger partial charge in [-0.25, -0.2) is 15.0 Å². The number of nitrogens with zero attached hydrogens (tertiary/aromatic N) is 5. The molecule has 0 radical (unpaired) electrons. The highest BCUT2D eigenvalue weighted by molar-refractivity contribution is 5.83. The molecular weight excluding hydrogens is 246 g/mol. The molecule has 7 nitrogen and oxygen atoms in total. The molecule has 100 valence electrons. The average molecular weight is 261 g/mol. The van der Waals surface area contributed by atoms with Crippen molar-refractivity contribution in [2.24, 2.45) is 0 Å². The molecule has 19 heavy (non-hydrogen) atoms. The van der Waals surface area contributed by atoms with Gasteiger partial charge in [0, 0.05) is 19.6 Å². The van der Waals surface area contributed by atoms with Crippen molar-refractivity contribution in [3.63, 3.8) is 0 Å². The average Bonchev–Trinajstić information content (AvgIpc) is 3.15. The normalized spacial score (nSPS) is 14.8. The Morgan fingerprint density at radius 2 is 2.26 bits per heavy atom. The van der Waals surface area contributed by atoms with Crippen molar-refractivity contribution < 1.29 is 9.90 Å². The predicted molar refractivity (Wildman–Crippen MR) is 69.1 cm³/mol. The van der Waals surface area contributed by atoms with E-state index < -0.39 is 5.97 Å². The number of anilines is 1. The molecule has 0 aromatic carbocycles. The van der Waals surface area contributed by atoms with E-state index in [4.69, 9.17) is 5.11 Å². The SMILES string of the molecule is CN(CCC(=O)O)c1ncnc2c1ncn2C1CC1. The molecule has 2 aromatic rings. The third-order valence-corrected chi connectivity index (χ3v) is 3.30. The number of aromatic nitrogens is 4. The summed E-state index contributed by atoms with van der Waals surface area (Å²) < 4.78 is 2.07. The van der Waals surface area contributed by atoms with Crippen LogP contribution in [0.2, 0.25) is 0 Å². The number of imidazole rings is 1. The first-order valence-corrected chi connectivity index (χ1v) is 6.27. The van der Waals surface area contributed by atoms with Gasteiger partial charge in [-0.3, -0.25) is 4.79 Å². The van der Waals surface area contributed by atoms with E-state index in [-0.39, 0.29) is 6.42 Å². The number of fused-ring (bicyclic) bond motifs is 1. The topological polar surface area (TPSA) is 84.1 Å². The quantitative estimate of drug-likeness (QED) is 0.866. The van der Waals surface area contributed by atoms with Gasteiger partial charge in [0.25, 0.3) is 0 Å². The Morgan fingerprint density at radius 3 is 2.95 bits per heavy atom. The molecule has 0 aliphatic heterocycles. The van der Waals surface area contributed by atoms with Gasteiger partial charge in [0.1, 0.15) is 6.33 Å². The van der Waals surface area contributed by atoms with E-state index >= 15 is 0 Å². The standard InChI is InChI=1S/C12H15N5O2/c1-16(5-4-9(18)19)11-10-12(14-6-13-11)17(7-15-10)8-2-3-8/h6-8H,2-5H2,1H3,(H,18,19). The summed E-state index contributed by atoms with van der Waals surface area (Å²) >= 11 is 0. The zero-order chi connectivity index (χ0) is 13.4. The van der Waals surface area contributed by atoms with Crippen molar-refractivity contribution >= 4 is 23.0 Å². The summed E-state index contributed by atoms with van der Waals surface area (Å²) in [6.07, 6.45) is 5.71. The fraction of sp³-hybridized carbons (Fsp3) is 0.500. The van der Waals surface area contributed by atoms with Crippen molar-refractivity contribution in [3.05, 3.63) is 12.7 Å². The van der Waals surface area contributed by atoms with Crippen molar-refractivity contribution in [2.45, 2.75) is 25.3 Å². The number of carbonyl (C=O) groups is 1. The van der Waals surface area contributed by atoms with Crippen molar-refractivity contribution in [1.82, 2.24) is 19.5 Å². The molecule has 1 aliphatic rings. The van der Waals surface area contributed by atoms with Crippen LogP contribution in [0.25, 0.3) is 11.2 Å². The zero-order valence-electron chi connectivity index (χ0n) is 10.7. The summed E-state index contributed by atoms with van der Waals surface area (Å²) in [7, 11) is 1.82. The predicted octanol–water partition coefficient (Wildman–Crippen LogP) is 1.07. The number of hydrogen-bond acceptors (Lipinski definition) is 5. The van der Waals surface area contributed by atoms with Crippen LogP contribution in [0.5, 0.6) is 0 Å². The Morgan fingerprint density at radius 1 is 1.47 bits per heavy atom. The summed E-state index contributed by atoms with van der Waals surface area (Å²) in [5, 5.41) is 8.73. The highest BCUT2D eigenvalue weighted by Crippen LogP contribution is 2.37. The zero-order valence-corrected chi connectivity index (χ0v) is 10.7. The molecule has 7 heteroatoms. The van der Waals surface area contributed by atoms with Gasteiger partial charge >= 0.3 is 5.97 Å². The molecule has 1 aliphatic carbocycles. The van der Waals surface area contributed by atoms with E-state index in [1.54, 1.807) is 6.33 Å². The van der Waals surface area contributed by atoms with Gasteiger partial charge in [0.05, 0.1) is 12.7 Å². The highest BCUT2D eigenvalue weighted by atomic mass is 16.4. The summed E-state index contributed by atoms with van der Waals surface area (Å²) in [5.41, 5.74) is 1.57. The smallest absolute Gasteiger partial charge is 0.305 e. The molecule has 2 heterocycles. The maximum Gasteiger partial charge on any atom is 0.305 e. The molecule has 0 amide bonds. The first-order chi connectivity index (χ1) is 9.16. The monoisotopic (exact) mass is 261 g/mol. The molecular formula is C12H15N5O2. The Balaban J connectivity index is 1.92. The minimum atomic E-state index is -0.819. The first-order valence-electron chi connectivity index (χ1n) is 6.27. The third kappa shape index (κ3) is 2.23.